The molecule has 1 N–H and O–H groups in total. The van der Waals surface area contributed by atoms with Gasteiger partial charge in [0.1, 0.15) is 6.17 Å². The highest BCUT2D eigenvalue weighted by atomic mass is 19.4. The van der Waals surface area contributed by atoms with E-state index in [1.165, 1.54) is 0 Å². The second kappa shape index (κ2) is 3.82. The minimum absolute atomic E-state index is 0.0604. The van der Waals surface area contributed by atoms with Gasteiger partial charge in [-0.05, 0) is 19.3 Å². The minimum Gasteiger partial charge on any atom is -0.396 e. The molecule has 1 fully saturated rings. The summed E-state index contributed by atoms with van der Waals surface area (Å²) in [5.74, 6) is -2.12. The molecule has 1 nitrogen and oxygen atoms in total. The minimum atomic E-state index is -4.29. The monoisotopic (exact) mass is 200 g/mol. The van der Waals surface area contributed by atoms with Gasteiger partial charge in [0.2, 0.25) is 0 Å². The summed E-state index contributed by atoms with van der Waals surface area (Å²) >= 11 is 0. The van der Waals surface area contributed by atoms with Gasteiger partial charge in [-0.1, -0.05) is 0 Å². The fourth-order valence-electron chi connectivity index (χ4n) is 1.68. The van der Waals surface area contributed by atoms with Crippen molar-refractivity contribution in [2.45, 2.75) is 31.6 Å². The zero-order valence-corrected chi connectivity index (χ0v) is 7.02. The van der Waals surface area contributed by atoms with E-state index in [9.17, 15) is 17.6 Å². The van der Waals surface area contributed by atoms with Gasteiger partial charge < -0.3 is 5.11 Å². The average Bonchev–Trinajstić information content (AvgIpc) is 2.02. The van der Waals surface area contributed by atoms with Crippen molar-refractivity contribution < 1.29 is 22.7 Å². The molecule has 0 aromatic rings. The van der Waals surface area contributed by atoms with E-state index in [0.717, 1.165) is 0 Å². The van der Waals surface area contributed by atoms with Gasteiger partial charge >= 0.3 is 6.18 Å². The van der Waals surface area contributed by atoms with Crippen LogP contribution in [0.3, 0.4) is 0 Å². The van der Waals surface area contributed by atoms with Crippen LogP contribution in [0.1, 0.15) is 19.3 Å². The fourth-order valence-corrected chi connectivity index (χ4v) is 1.68. The summed E-state index contributed by atoms with van der Waals surface area (Å²) in [6.45, 7) is -0.355. The van der Waals surface area contributed by atoms with E-state index in [0.29, 0.717) is 0 Å². The molecule has 0 amide bonds. The van der Waals surface area contributed by atoms with E-state index in [-0.39, 0.29) is 19.4 Å². The first kappa shape index (κ1) is 10.8. The van der Waals surface area contributed by atoms with Crippen molar-refractivity contribution in [1.82, 2.24) is 0 Å². The summed E-state index contributed by atoms with van der Waals surface area (Å²) in [5.41, 5.74) is 0. The molecule has 0 heterocycles. The summed E-state index contributed by atoms with van der Waals surface area (Å²) in [6, 6.07) is 0. The zero-order chi connectivity index (χ0) is 10.1. The highest BCUT2D eigenvalue weighted by Crippen LogP contribution is 2.40. The molecule has 0 saturated heterocycles. The molecule has 0 aromatic carbocycles. The van der Waals surface area contributed by atoms with Crippen molar-refractivity contribution in [3.63, 3.8) is 0 Å². The second-order valence-electron chi connectivity index (χ2n) is 3.51. The van der Waals surface area contributed by atoms with Crippen molar-refractivity contribution >= 4 is 0 Å². The van der Waals surface area contributed by atoms with Crippen LogP contribution < -0.4 is 0 Å². The van der Waals surface area contributed by atoms with Crippen molar-refractivity contribution in [3.8, 4) is 0 Å². The molecule has 0 bridgehead atoms. The molecule has 13 heavy (non-hydrogen) atoms. The Morgan fingerprint density at radius 3 is 2.23 bits per heavy atom. The summed E-state index contributed by atoms with van der Waals surface area (Å²) in [4.78, 5) is 0. The molecule has 0 aliphatic heterocycles. The maximum absolute atomic E-state index is 13.0. The summed E-state index contributed by atoms with van der Waals surface area (Å²) < 4.78 is 49.3. The molecule has 1 aliphatic rings. The van der Waals surface area contributed by atoms with Crippen LogP contribution in [0.5, 0.6) is 0 Å². The summed E-state index contributed by atoms with van der Waals surface area (Å²) in [5, 5.41) is 8.63. The number of aliphatic hydroxyl groups is 1. The Kier molecular flexibility index (Phi) is 3.16. The van der Waals surface area contributed by atoms with Gasteiger partial charge in [0.05, 0.1) is 5.92 Å². The predicted octanol–water partition coefficient (Wildman–Crippen LogP) is 2.30. The fraction of sp³-hybridized carbons (Fsp3) is 1.00. The van der Waals surface area contributed by atoms with Gasteiger partial charge in [-0.25, -0.2) is 4.39 Å². The van der Waals surface area contributed by atoms with Gasteiger partial charge in [-0.2, -0.15) is 13.2 Å². The lowest BCUT2D eigenvalue weighted by Gasteiger charge is -2.31. The van der Waals surface area contributed by atoms with Crippen LogP contribution in [0.4, 0.5) is 17.6 Å². The SMILES string of the molecule is OC[C@H]1CCC(C(F)(F)F)C[C@H]1F. The van der Waals surface area contributed by atoms with Gasteiger partial charge in [0.25, 0.3) is 0 Å². The number of rotatable bonds is 1. The Balaban J connectivity index is 2.51. The van der Waals surface area contributed by atoms with Crippen LogP contribution in [-0.4, -0.2) is 24.1 Å². The van der Waals surface area contributed by atoms with E-state index in [1.807, 2.05) is 0 Å². The largest absolute Gasteiger partial charge is 0.396 e. The van der Waals surface area contributed by atoms with Crippen LogP contribution in [0.25, 0.3) is 0 Å². The molecule has 0 aromatic heterocycles. The number of hydrogen-bond donors (Lipinski definition) is 1. The predicted molar refractivity (Wildman–Crippen MR) is 38.9 cm³/mol. The van der Waals surface area contributed by atoms with Gasteiger partial charge in [0, 0.05) is 12.5 Å². The van der Waals surface area contributed by atoms with Crippen LogP contribution in [0.2, 0.25) is 0 Å². The van der Waals surface area contributed by atoms with Crippen molar-refractivity contribution in [2.75, 3.05) is 6.61 Å². The lowest BCUT2D eigenvalue weighted by molar-refractivity contribution is -0.190. The smallest absolute Gasteiger partial charge is 0.391 e. The summed E-state index contributed by atoms with van der Waals surface area (Å²) in [7, 11) is 0. The van der Waals surface area contributed by atoms with Crippen molar-refractivity contribution in [1.29, 1.82) is 0 Å². The number of hydrogen-bond acceptors (Lipinski definition) is 1. The molecule has 78 valence electrons. The lowest BCUT2D eigenvalue weighted by atomic mass is 9.81. The maximum Gasteiger partial charge on any atom is 0.391 e. The molecule has 0 radical (unpaired) electrons. The first-order valence-electron chi connectivity index (χ1n) is 4.26. The van der Waals surface area contributed by atoms with E-state index >= 15 is 0 Å². The third-order valence-corrected chi connectivity index (χ3v) is 2.60. The number of halogens is 4. The van der Waals surface area contributed by atoms with Crippen LogP contribution in [-0.2, 0) is 0 Å². The Labute approximate surface area is 73.7 Å². The number of aliphatic hydroxyl groups excluding tert-OH is 1. The Morgan fingerprint density at radius 1 is 1.23 bits per heavy atom. The van der Waals surface area contributed by atoms with E-state index in [1.54, 1.807) is 0 Å². The van der Waals surface area contributed by atoms with Gasteiger partial charge in [0.15, 0.2) is 0 Å². The third-order valence-electron chi connectivity index (χ3n) is 2.60. The zero-order valence-electron chi connectivity index (χ0n) is 7.02. The Morgan fingerprint density at radius 2 is 1.85 bits per heavy atom. The van der Waals surface area contributed by atoms with Gasteiger partial charge in [-0.15, -0.1) is 0 Å². The van der Waals surface area contributed by atoms with Crippen LogP contribution in [0.15, 0.2) is 0 Å². The molecule has 1 unspecified atom stereocenters. The first-order chi connectivity index (χ1) is 5.95. The van der Waals surface area contributed by atoms with E-state index in [4.69, 9.17) is 5.11 Å². The summed E-state index contributed by atoms with van der Waals surface area (Å²) in [6.07, 6.45) is -6.22. The normalized spacial score (nSPS) is 36.2. The molecule has 1 aliphatic carbocycles. The van der Waals surface area contributed by atoms with Gasteiger partial charge in [-0.3, -0.25) is 0 Å². The van der Waals surface area contributed by atoms with Crippen molar-refractivity contribution in [3.05, 3.63) is 0 Å². The molecule has 3 atom stereocenters. The maximum atomic E-state index is 13.0. The molecule has 1 saturated carbocycles. The second-order valence-corrected chi connectivity index (χ2v) is 3.51. The van der Waals surface area contributed by atoms with E-state index < -0.39 is 30.6 Å². The van der Waals surface area contributed by atoms with E-state index in [2.05, 4.69) is 0 Å². The van der Waals surface area contributed by atoms with Crippen molar-refractivity contribution in [2.24, 2.45) is 11.8 Å². The number of alkyl halides is 4. The highest BCUT2D eigenvalue weighted by Gasteiger charge is 2.44. The molecule has 0 spiro atoms. The molecular formula is C8H12F4O. The Bertz CT molecular complexity index is 168. The highest BCUT2D eigenvalue weighted by molar-refractivity contribution is 4.82. The lowest BCUT2D eigenvalue weighted by Crippen LogP contribution is -2.35. The van der Waals surface area contributed by atoms with Crippen LogP contribution >= 0.6 is 0 Å². The Hall–Kier alpha value is -0.320. The topological polar surface area (TPSA) is 20.2 Å². The third kappa shape index (κ3) is 2.56. The molecule has 5 heteroatoms. The standard InChI is InChI=1S/C8H12F4O/c9-7-3-6(8(10,11)12)2-1-5(7)4-13/h5-7,13H,1-4H2/t5-,6?,7-/m1/s1. The average molecular weight is 200 g/mol. The molecular weight excluding hydrogens is 188 g/mol. The quantitative estimate of drug-likeness (QED) is 0.644. The first-order valence-corrected chi connectivity index (χ1v) is 4.26. The molecule has 1 rings (SSSR count). The van der Waals surface area contributed by atoms with Crippen LogP contribution in [0, 0.1) is 11.8 Å².